The number of amides is 3. The van der Waals surface area contributed by atoms with Gasteiger partial charge in [-0.2, -0.15) is 0 Å². The molecule has 1 atom stereocenters. The maximum atomic E-state index is 12.9. The highest BCUT2D eigenvalue weighted by Crippen LogP contribution is 2.38. The Morgan fingerprint density at radius 3 is 2.34 bits per heavy atom. The topological polar surface area (TPSA) is 127 Å². The van der Waals surface area contributed by atoms with E-state index in [9.17, 15) is 18.0 Å². The predicted molar refractivity (Wildman–Crippen MR) is 108 cm³/mol. The molecule has 8 nitrogen and oxygen atoms in total. The fraction of sp³-hybridized carbons (Fsp3) is 0.300. The van der Waals surface area contributed by atoms with Gasteiger partial charge in [-0.3, -0.25) is 9.69 Å². The number of urea groups is 1. The Kier molecular flexibility index (Phi) is 4.59. The smallest absolute Gasteiger partial charge is 0.325 e. The fourth-order valence-corrected chi connectivity index (χ4v) is 5.03. The van der Waals surface area contributed by atoms with Crippen LogP contribution in [0.15, 0.2) is 53.4 Å². The van der Waals surface area contributed by atoms with Crippen molar-refractivity contribution in [2.45, 2.75) is 29.7 Å². The van der Waals surface area contributed by atoms with E-state index in [4.69, 9.17) is 10.9 Å². The second-order valence-corrected chi connectivity index (χ2v) is 8.99. The Balaban J connectivity index is 1.68. The molecule has 3 amide bonds. The van der Waals surface area contributed by atoms with Crippen LogP contribution in [0.4, 0.5) is 10.5 Å². The highest BCUT2D eigenvalue weighted by molar-refractivity contribution is 7.89. The van der Waals surface area contributed by atoms with E-state index in [2.05, 4.69) is 0 Å². The summed E-state index contributed by atoms with van der Waals surface area (Å²) in [5.74, 6) is -0.480. The molecule has 2 aromatic carbocycles. The van der Waals surface area contributed by atoms with Gasteiger partial charge in [-0.05, 0) is 43.0 Å². The maximum absolute atomic E-state index is 12.9. The van der Waals surface area contributed by atoms with E-state index >= 15 is 0 Å². The number of rotatable bonds is 4. The highest BCUT2D eigenvalue weighted by Gasteiger charge is 2.54. The molecule has 4 N–H and O–H groups in total. The molecule has 29 heavy (non-hydrogen) atoms. The average molecular weight is 414 g/mol. The van der Waals surface area contributed by atoms with Crippen molar-refractivity contribution in [3.63, 3.8) is 0 Å². The van der Waals surface area contributed by atoms with Gasteiger partial charge < -0.3 is 10.6 Å². The lowest BCUT2D eigenvalue weighted by atomic mass is 9.87. The number of primary amides is 1. The number of carbonyl (C=O) groups is 2. The molecule has 0 aliphatic carbocycles. The van der Waals surface area contributed by atoms with Gasteiger partial charge in [0.15, 0.2) is 0 Å². The first-order valence-electron chi connectivity index (χ1n) is 9.35. The van der Waals surface area contributed by atoms with Crippen molar-refractivity contribution in [1.82, 2.24) is 4.90 Å². The summed E-state index contributed by atoms with van der Waals surface area (Å²) in [4.78, 5) is 28.3. The number of anilines is 1. The Morgan fingerprint density at radius 1 is 1.03 bits per heavy atom. The summed E-state index contributed by atoms with van der Waals surface area (Å²) in [6.45, 7) is 0.729. The molecule has 9 heteroatoms. The minimum absolute atomic E-state index is 0.0369. The van der Waals surface area contributed by atoms with Crippen molar-refractivity contribution in [2.75, 3.05) is 18.0 Å². The minimum atomic E-state index is -3.87. The third-order valence-electron chi connectivity index (χ3n) is 5.76. The molecule has 0 aromatic heterocycles. The van der Waals surface area contributed by atoms with E-state index in [0.717, 1.165) is 12.8 Å². The lowest BCUT2D eigenvalue weighted by molar-refractivity contribution is -0.128. The van der Waals surface area contributed by atoms with Gasteiger partial charge in [-0.15, -0.1) is 0 Å². The SMILES string of the molecule is NC(=O)[C@]12CCCCN1C(=O)N(c1ccc(-c3ccccc3S(N)(=O)=O)cc1)C2. The summed E-state index contributed by atoms with van der Waals surface area (Å²) >= 11 is 0. The van der Waals surface area contributed by atoms with Crippen LogP contribution in [0.25, 0.3) is 11.1 Å². The maximum Gasteiger partial charge on any atom is 0.325 e. The molecular weight excluding hydrogens is 392 g/mol. The summed E-state index contributed by atoms with van der Waals surface area (Å²) in [5, 5.41) is 5.32. The van der Waals surface area contributed by atoms with Gasteiger partial charge in [-0.25, -0.2) is 18.4 Å². The first kappa shape index (κ1) is 19.4. The molecule has 0 unspecified atom stereocenters. The third-order valence-corrected chi connectivity index (χ3v) is 6.73. The fourth-order valence-electron chi connectivity index (χ4n) is 4.26. The number of hydrogen-bond donors (Lipinski definition) is 2. The molecule has 2 aromatic rings. The monoisotopic (exact) mass is 414 g/mol. The number of fused-ring (bicyclic) bond motifs is 1. The predicted octanol–water partition coefficient (Wildman–Crippen LogP) is 1.65. The van der Waals surface area contributed by atoms with Gasteiger partial charge in [-0.1, -0.05) is 30.3 Å². The number of nitrogens with two attached hydrogens (primary N) is 2. The summed E-state index contributed by atoms with van der Waals surface area (Å²) in [6, 6.07) is 13.2. The van der Waals surface area contributed by atoms with Crippen molar-refractivity contribution in [2.24, 2.45) is 10.9 Å². The largest absolute Gasteiger partial charge is 0.368 e. The van der Waals surface area contributed by atoms with Crippen LogP contribution in [0.1, 0.15) is 19.3 Å². The zero-order valence-corrected chi connectivity index (χ0v) is 16.6. The van der Waals surface area contributed by atoms with Gasteiger partial charge in [0.05, 0.1) is 11.4 Å². The molecule has 4 rings (SSSR count). The molecule has 152 valence electrons. The van der Waals surface area contributed by atoms with E-state index in [0.29, 0.717) is 29.8 Å². The Bertz CT molecular complexity index is 1080. The zero-order valence-electron chi connectivity index (χ0n) is 15.7. The van der Waals surface area contributed by atoms with E-state index in [1.54, 1.807) is 52.3 Å². The quantitative estimate of drug-likeness (QED) is 0.788. The number of nitrogens with zero attached hydrogens (tertiary/aromatic N) is 2. The van der Waals surface area contributed by atoms with Crippen LogP contribution in [0.3, 0.4) is 0 Å². The first-order chi connectivity index (χ1) is 13.7. The minimum Gasteiger partial charge on any atom is -0.368 e. The molecule has 0 radical (unpaired) electrons. The van der Waals surface area contributed by atoms with Crippen molar-refractivity contribution in [3.8, 4) is 11.1 Å². The Labute approximate surface area is 169 Å². The Morgan fingerprint density at radius 2 is 1.72 bits per heavy atom. The third kappa shape index (κ3) is 3.16. The summed E-state index contributed by atoms with van der Waals surface area (Å²) in [6.07, 6.45) is 2.26. The van der Waals surface area contributed by atoms with Crippen molar-refractivity contribution >= 4 is 27.6 Å². The van der Waals surface area contributed by atoms with E-state index in [1.165, 1.54) is 6.07 Å². The molecular formula is C20H22N4O4S. The van der Waals surface area contributed by atoms with Crippen LogP contribution in [0.5, 0.6) is 0 Å². The van der Waals surface area contributed by atoms with Gasteiger partial charge in [0.25, 0.3) is 0 Å². The molecule has 2 aliphatic rings. The lowest BCUT2D eigenvalue weighted by Crippen LogP contribution is -2.58. The van der Waals surface area contributed by atoms with E-state index in [-0.39, 0.29) is 17.5 Å². The van der Waals surface area contributed by atoms with Crippen molar-refractivity contribution in [1.29, 1.82) is 0 Å². The van der Waals surface area contributed by atoms with E-state index < -0.39 is 21.5 Å². The number of piperidine rings is 1. The number of hydrogen-bond acceptors (Lipinski definition) is 4. The normalized spacial score (nSPS) is 21.9. The lowest BCUT2D eigenvalue weighted by Gasteiger charge is -2.37. The van der Waals surface area contributed by atoms with Gasteiger partial charge in [0.1, 0.15) is 5.54 Å². The van der Waals surface area contributed by atoms with Crippen LogP contribution in [-0.4, -0.2) is 43.9 Å². The zero-order chi connectivity index (χ0) is 20.8. The Hall–Kier alpha value is -2.91. The molecule has 2 fully saturated rings. The van der Waals surface area contributed by atoms with Gasteiger partial charge in [0, 0.05) is 17.8 Å². The van der Waals surface area contributed by atoms with Crippen LogP contribution in [0.2, 0.25) is 0 Å². The molecule has 0 saturated carbocycles. The number of sulfonamides is 1. The van der Waals surface area contributed by atoms with E-state index in [1.807, 2.05) is 0 Å². The van der Waals surface area contributed by atoms with Crippen LogP contribution in [-0.2, 0) is 14.8 Å². The second-order valence-electron chi connectivity index (χ2n) is 7.46. The number of benzene rings is 2. The van der Waals surface area contributed by atoms with Crippen LogP contribution in [0, 0.1) is 0 Å². The van der Waals surface area contributed by atoms with Crippen molar-refractivity contribution in [3.05, 3.63) is 48.5 Å². The first-order valence-corrected chi connectivity index (χ1v) is 10.9. The molecule has 0 spiro atoms. The summed E-state index contributed by atoms with van der Waals surface area (Å²) in [5.41, 5.74) is 6.48. The average Bonchev–Trinajstić information content (AvgIpc) is 3.02. The van der Waals surface area contributed by atoms with Crippen LogP contribution >= 0.6 is 0 Å². The van der Waals surface area contributed by atoms with Gasteiger partial charge in [0.2, 0.25) is 15.9 Å². The summed E-state index contributed by atoms with van der Waals surface area (Å²) in [7, 11) is -3.87. The van der Waals surface area contributed by atoms with Crippen LogP contribution < -0.4 is 15.8 Å². The summed E-state index contributed by atoms with van der Waals surface area (Å²) < 4.78 is 23.7. The molecule has 2 aliphatic heterocycles. The number of primary sulfonamides is 1. The second kappa shape index (κ2) is 6.85. The highest BCUT2D eigenvalue weighted by atomic mass is 32.2. The molecule has 2 heterocycles. The molecule has 2 saturated heterocycles. The number of carbonyl (C=O) groups excluding carboxylic acids is 2. The molecule has 0 bridgehead atoms. The standard InChI is InChI=1S/C20H22N4O4S/c21-18(25)20-11-3-4-12-24(20)19(26)23(13-20)15-9-7-14(8-10-15)16-5-1-2-6-17(16)29(22,27)28/h1-2,5-10H,3-4,11-13H2,(H2,21,25)(H2,22,27,28)/t20-/m1/s1. The van der Waals surface area contributed by atoms with Crippen molar-refractivity contribution < 1.29 is 18.0 Å². The van der Waals surface area contributed by atoms with Gasteiger partial charge >= 0.3 is 6.03 Å².